The predicted molar refractivity (Wildman–Crippen MR) is 53.7 cm³/mol. The molecule has 1 aromatic carbocycles. The van der Waals surface area contributed by atoms with E-state index < -0.39 is 0 Å². The average Bonchev–Trinajstić information content (AvgIpc) is 2.50. The van der Waals surface area contributed by atoms with Crippen LogP contribution in [0.1, 0.15) is 11.3 Å². The Morgan fingerprint density at radius 3 is 3.00 bits per heavy atom. The number of hydrogen-bond donors (Lipinski definition) is 2. The van der Waals surface area contributed by atoms with Gasteiger partial charge in [-0.15, -0.1) is 0 Å². The van der Waals surface area contributed by atoms with Crippen molar-refractivity contribution in [1.82, 2.24) is 10.2 Å². The summed E-state index contributed by atoms with van der Waals surface area (Å²) in [4.78, 5) is 0. The van der Waals surface area contributed by atoms with Gasteiger partial charge in [0, 0.05) is 17.6 Å². The van der Waals surface area contributed by atoms with Crippen LogP contribution in [0.15, 0.2) is 12.1 Å². The van der Waals surface area contributed by atoms with Crippen LogP contribution in [0.3, 0.4) is 0 Å². The highest BCUT2D eigenvalue weighted by atomic mass is 35.5. The average molecular weight is 196 g/mol. The topological polar surface area (TPSA) is 54.7 Å². The molecule has 2 rings (SSSR count). The zero-order chi connectivity index (χ0) is 9.42. The largest absolute Gasteiger partial charge is 0.326 e. The lowest BCUT2D eigenvalue weighted by Gasteiger charge is -1.99. The molecule has 0 saturated carbocycles. The highest BCUT2D eigenvalue weighted by Gasteiger charge is 2.08. The van der Waals surface area contributed by atoms with Crippen LogP contribution in [-0.2, 0) is 6.54 Å². The maximum atomic E-state index is 6.03. The second-order valence-corrected chi connectivity index (χ2v) is 3.39. The Bertz CT molecular complexity index is 447. The van der Waals surface area contributed by atoms with Crippen LogP contribution >= 0.6 is 11.6 Å². The van der Waals surface area contributed by atoms with Crippen molar-refractivity contribution in [1.29, 1.82) is 0 Å². The second kappa shape index (κ2) is 3.01. The van der Waals surface area contributed by atoms with Crippen LogP contribution in [0, 0.1) is 6.92 Å². The first-order valence-corrected chi connectivity index (χ1v) is 4.44. The number of H-pyrrole nitrogens is 1. The number of hydrogen-bond acceptors (Lipinski definition) is 2. The molecule has 13 heavy (non-hydrogen) atoms. The lowest BCUT2D eigenvalue weighted by molar-refractivity contribution is 1.04. The molecule has 0 aliphatic heterocycles. The molecule has 0 aliphatic rings. The van der Waals surface area contributed by atoms with E-state index >= 15 is 0 Å². The fraction of sp³-hybridized carbons (Fsp3) is 0.222. The summed E-state index contributed by atoms with van der Waals surface area (Å²) in [5, 5.41) is 8.76. The van der Waals surface area contributed by atoms with Gasteiger partial charge in [0.15, 0.2) is 0 Å². The Hall–Kier alpha value is -1.06. The molecule has 0 aliphatic carbocycles. The standard InChI is InChI=1S/C9H10ClN3/c1-5-8-7(10)3-2-6(4-11)9(8)13-12-5/h2-3H,4,11H2,1H3,(H,12,13). The molecule has 0 spiro atoms. The highest BCUT2D eigenvalue weighted by Crippen LogP contribution is 2.27. The molecule has 4 heteroatoms. The molecule has 0 unspecified atom stereocenters. The summed E-state index contributed by atoms with van der Waals surface area (Å²) in [6.45, 7) is 2.43. The van der Waals surface area contributed by atoms with E-state index in [2.05, 4.69) is 10.2 Å². The first-order valence-electron chi connectivity index (χ1n) is 4.06. The van der Waals surface area contributed by atoms with Gasteiger partial charge < -0.3 is 5.73 Å². The third-order valence-electron chi connectivity index (χ3n) is 2.14. The van der Waals surface area contributed by atoms with E-state index in [1.54, 1.807) is 0 Å². The van der Waals surface area contributed by atoms with Gasteiger partial charge in [-0.25, -0.2) is 0 Å². The first kappa shape index (κ1) is 8.53. The van der Waals surface area contributed by atoms with Gasteiger partial charge in [-0.05, 0) is 18.6 Å². The van der Waals surface area contributed by atoms with E-state index in [9.17, 15) is 0 Å². The highest BCUT2D eigenvalue weighted by molar-refractivity contribution is 6.35. The Labute approximate surface area is 80.9 Å². The number of aromatic nitrogens is 2. The number of nitrogens with zero attached hydrogens (tertiary/aromatic N) is 1. The quantitative estimate of drug-likeness (QED) is 0.731. The number of nitrogens with one attached hydrogen (secondary N) is 1. The van der Waals surface area contributed by atoms with E-state index in [1.165, 1.54) is 0 Å². The summed E-state index contributed by atoms with van der Waals surface area (Å²) >= 11 is 6.03. The summed E-state index contributed by atoms with van der Waals surface area (Å²) in [5.74, 6) is 0. The van der Waals surface area contributed by atoms with Gasteiger partial charge in [-0.1, -0.05) is 17.7 Å². The lowest BCUT2D eigenvalue weighted by Crippen LogP contribution is -1.96. The number of aromatic amines is 1. The third-order valence-corrected chi connectivity index (χ3v) is 2.46. The molecule has 3 N–H and O–H groups in total. The van der Waals surface area contributed by atoms with Crippen molar-refractivity contribution in [3.63, 3.8) is 0 Å². The number of aryl methyl sites for hydroxylation is 1. The van der Waals surface area contributed by atoms with Crippen molar-refractivity contribution in [3.05, 3.63) is 28.4 Å². The number of benzene rings is 1. The molecular formula is C9H10ClN3. The zero-order valence-corrected chi connectivity index (χ0v) is 8.02. The van der Waals surface area contributed by atoms with Gasteiger partial charge in [0.1, 0.15) is 0 Å². The van der Waals surface area contributed by atoms with Crippen molar-refractivity contribution >= 4 is 22.5 Å². The zero-order valence-electron chi connectivity index (χ0n) is 7.26. The maximum absolute atomic E-state index is 6.03. The van der Waals surface area contributed by atoms with E-state index in [1.807, 2.05) is 19.1 Å². The monoisotopic (exact) mass is 195 g/mol. The summed E-state index contributed by atoms with van der Waals surface area (Å²) in [5.41, 5.74) is 8.46. The molecule has 0 radical (unpaired) electrons. The van der Waals surface area contributed by atoms with Crippen molar-refractivity contribution in [3.8, 4) is 0 Å². The first-order chi connectivity index (χ1) is 6.24. The molecule has 0 atom stereocenters. The molecule has 1 aromatic heterocycles. The predicted octanol–water partition coefficient (Wildman–Crippen LogP) is 1.98. The Balaban J connectivity index is 2.87. The molecule has 0 fully saturated rings. The van der Waals surface area contributed by atoms with Crippen LogP contribution in [0.5, 0.6) is 0 Å². The van der Waals surface area contributed by atoms with Gasteiger partial charge >= 0.3 is 0 Å². The van der Waals surface area contributed by atoms with Crippen LogP contribution in [-0.4, -0.2) is 10.2 Å². The minimum Gasteiger partial charge on any atom is -0.326 e. The molecule has 0 saturated heterocycles. The Morgan fingerprint density at radius 1 is 1.54 bits per heavy atom. The van der Waals surface area contributed by atoms with Crippen LogP contribution in [0.2, 0.25) is 5.02 Å². The lowest BCUT2D eigenvalue weighted by atomic mass is 10.1. The van der Waals surface area contributed by atoms with Gasteiger partial charge in [0.2, 0.25) is 0 Å². The van der Waals surface area contributed by atoms with Gasteiger partial charge in [0.25, 0.3) is 0 Å². The Morgan fingerprint density at radius 2 is 2.31 bits per heavy atom. The van der Waals surface area contributed by atoms with Crippen molar-refractivity contribution in [2.75, 3.05) is 0 Å². The van der Waals surface area contributed by atoms with Crippen molar-refractivity contribution in [2.45, 2.75) is 13.5 Å². The summed E-state index contributed by atoms with van der Waals surface area (Å²) in [7, 11) is 0. The van der Waals surface area contributed by atoms with E-state index in [0.717, 1.165) is 27.2 Å². The summed E-state index contributed by atoms with van der Waals surface area (Å²) in [6.07, 6.45) is 0. The fourth-order valence-electron chi connectivity index (χ4n) is 1.45. The fourth-order valence-corrected chi connectivity index (χ4v) is 1.75. The van der Waals surface area contributed by atoms with E-state index in [0.29, 0.717) is 6.54 Å². The smallest absolute Gasteiger partial charge is 0.0983 e. The number of rotatable bonds is 1. The molecule has 3 nitrogen and oxygen atoms in total. The van der Waals surface area contributed by atoms with Gasteiger partial charge in [-0.2, -0.15) is 5.10 Å². The number of nitrogens with two attached hydrogens (primary N) is 1. The van der Waals surface area contributed by atoms with Gasteiger partial charge in [0.05, 0.1) is 10.5 Å². The Kier molecular flexibility index (Phi) is 1.98. The minimum absolute atomic E-state index is 0.484. The molecule has 2 aromatic rings. The van der Waals surface area contributed by atoms with Crippen molar-refractivity contribution < 1.29 is 0 Å². The van der Waals surface area contributed by atoms with Gasteiger partial charge in [-0.3, -0.25) is 5.10 Å². The SMILES string of the molecule is Cc1[nH]nc2c(CN)ccc(Cl)c12. The van der Waals surface area contributed by atoms with Crippen LogP contribution < -0.4 is 5.73 Å². The summed E-state index contributed by atoms with van der Waals surface area (Å²) in [6, 6.07) is 3.76. The number of fused-ring (bicyclic) bond motifs is 1. The van der Waals surface area contributed by atoms with Crippen LogP contribution in [0.25, 0.3) is 10.9 Å². The molecule has 68 valence electrons. The van der Waals surface area contributed by atoms with Crippen molar-refractivity contribution in [2.24, 2.45) is 5.73 Å². The minimum atomic E-state index is 0.484. The molecular weight excluding hydrogens is 186 g/mol. The van der Waals surface area contributed by atoms with E-state index in [4.69, 9.17) is 17.3 Å². The maximum Gasteiger partial charge on any atom is 0.0983 e. The second-order valence-electron chi connectivity index (χ2n) is 2.98. The van der Waals surface area contributed by atoms with Crippen LogP contribution in [0.4, 0.5) is 0 Å². The molecule has 1 heterocycles. The molecule has 0 bridgehead atoms. The molecule has 0 amide bonds. The van der Waals surface area contributed by atoms with E-state index in [-0.39, 0.29) is 0 Å². The number of halogens is 1. The normalized spacial score (nSPS) is 11.0. The summed E-state index contributed by atoms with van der Waals surface area (Å²) < 4.78 is 0. The third kappa shape index (κ3) is 1.20.